The Bertz CT molecular complexity index is 740. The summed E-state index contributed by atoms with van der Waals surface area (Å²) in [7, 11) is -2.50. The minimum atomic E-state index is -3.79. The van der Waals surface area contributed by atoms with Gasteiger partial charge >= 0.3 is 5.97 Å². The Morgan fingerprint density at radius 2 is 2.04 bits per heavy atom. The molecule has 2 aliphatic rings. The van der Waals surface area contributed by atoms with Gasteiger partial charge in [0.05, 0.1) is 13.0 Å². The number of ether oxygens (including phenoxy) is 1. The molecule has 1 saturated carbocycles. The first-order valence-electron chi connectivity index (χ1n) is 7.37. The molecule has 126 valence electrons. The second-order valence-corrected chi connectivity index (χ2v) is 8.06. The van der Waals surface area contributed by atoms with E-state index in [0.29, 0.717) is 19.3 Å². The van der Waals surface area contributed by atoms with Crippen LogP contribution in [0, 0.1) is 17.2 Å². The molecule has 1 atom stereocenters. The molecule has 1 unspecified atom stereocenters. The summed E-state index contributed by atoms with van der Waals surface area (Å²) in [4.78, 5) is 11.0. The van der Waals surface area contributed by atoms with Crippen LogP contribution in [0.3, 0.4) is 0 Å². The summed E-state index contributed by atoms with van der Waals surface area (Å²) in [5, 5.41) is 9.08. The number of carboxylic acids is 1. The normalized spacial score (nSPS) is 23.7. The molecule has 1 aromatic carbocycles. The standard InChI is InChI=1S/C15H18FNO5S/c1-22-12-8-10(16)2-3-13(12)23(20,21)17-6-4-15(5-7-17)9-11(15)14(18)19/h2-3,8,11H,4-7,9H2,1H3,(H,18,19). The molecule has 1 N–H and O–H groups in total. The Kier molecular flexibility index (Phi) is 3.84. The van der Waals surface area contributed by atoms with E-state index in [-0.39, 0.29) is 35.1 Å². The van der Waals surface area contributed by atoms with E-state index >= 15 is 0 Å². The van der Waals surface area contributed by atoms with Crippen molar-refractivity contribution >= 4 is 16.0 Å². The van der Waals surface area contributed by atoms with Crippen LogP contribution in [0.25, 0.3) is 0 Å². The Morgan fingerprint density at radius 3 is 2.57 bits per heavy atom. The third kappa shape index (κ3) is 2.70. The number of hydrogen-bond acceptors (Lipinski definition) is 4. The van der Waals surface area contributed by atoms with Gasteiger partial charge in [0.1, 0.15) is 16.5 Å². The van der Waals surface area contributed by atoms with Crippen molar-refractivity contribution in [2.45, 2.75) is 24.2 Å². The van der Waals surface area contributed by atoms with E-state index in [4.69, 9.17) is 9.84 Å². The average molecular weight is 343 g/mol. The zero-order chi connectivity index (χ0) is 16.8. The molecule has 3 rings (SSSR count). The molecule has 1 heterocycles. The monoisotopic (exact) mass is 343 g/mol. The van der Waals surface area contributed by atoms with Gasteiger partial charge < -0.3 is 9.84 Å². The van der Waals surface area contributed by atoms with Crippen molar-refractivity contribution in [3.05, 3.63) is 24.0 Å². The van der Waals surface area contributed by atoms with Gasteiger partial charge in [0, 0.05) is 19.2 Å². The lowest BCUT2D eigenvalue weighted by molar-refractivity contribution is -0.139. The summed E-state index contributed by atoms with van der Waals surface area (Å²) in [5.74, 6) is -1.75. The second kappa shape index (κ2) is 5.45. The molecule has 23 heavy (non-hydrogen) atoms. The molecule has 0 aromatic heterocycles. The molecule has 1 saturated heterocycles. The number of methoxy groups -OCH3 is 1. The second-order valence-electron chi connectivity index (χ2n) is 6.16. The maximum absolute atomic E-state index is 13.2. The number of carbonyl (C=O) groups is 1. The number of halogens is 1. The fraction of sp³-hybridized carbons (Fsp3) is 0.533. The van der Waals surface area contributed by atoms with Gasteiger partial charge in [-0.25, -0.2) is 12.8 Å². The molecule has 1 aromatic rings. The number of benzene rings is 1. The van der Waals surface area contributed by atoms with Crippen molar-refractivity contribution in [2.24, 2.45) is 11.3 Å². The van der Waals surface area contributed by atoms with Crippen LogP contribution >= 0.6 is 0 Å². The average Bonchev–Trinajstić information content (AvgIpc) is 3.21. The SMILES string of the molecule is COc1cc(F)ccc1S(=O)(=O)N1CCC2(CC1)CC2C(=O)O. The Labute approximate surface area is 133 Å². The lowest BCUT2D eigenvalue weighted by Gasteiger charge is -2.32. The van der Waals surface area contributed by atoms with Crippen molar-refractivity contribution in [1.82, 2.24) is 4.31 Å². The minimum absolute atomic E-state index is 0.0277. The molecule has 0 radical (unpaired) electrons. The molecule has 1 aliphatic heterocycles. The molecule has 1 spiro atoms. The number of carboxylic acid groups (broad SMARTS) is 1. The van der Waals surface area contributed by atoms with Crippen LogP contribution in [0.1, 0.15) is 19.3 Å². The summed E-state index contributed by atoms with van der Waals surface area (Å²) in [6.07, 6.45) is 1.69. The summed E-state index contributed by atoms with van der Waals surface area (Å²) in [6.45, 7) is 0.541. The predicted octanol–water partition coefficient (Wildman–Crippen LogP) is 1.71. The van der Waals surface area contributed by atoms with Gasteiger partial charge in [0.25, 0.3) is 0 Å². The molecule has 0 amide bonds. The summed E-state index contributed by atoms with van der Waals surface area (Å²) < 4.78 is 45.0. The highest BCUT2D eigenvalue weighted by atomic mass is 32.2. The highest BCUT2D eigenvalue weighted by Gasteiger charge is 2.59. The van der Waals surface area contributed by atoms with Gasteiger partial charge in [-0.1, -0.05) is 0 Å². The van der Waals surface area contributed by atoms with Crippen LogP contribution in [0.2, 0.25) is 0 Å². The van der Waals surface area contributed by atoms with Crippen LogP contribution in [-0.4, -0.2) is 44.0 Å². The maximum Gasteiger partial charge on any atom is 0.307 e. The van der Waals surface area contributed by atoms with Crippen molar-refractivity contribution in [2.75, 3.05) is 20.2 Å². The first-order valence-corrected chi connectivity index (χ1v) is 8.81. The lowest BCUT2D eigenvalue weighted by Crippen LogP contribution is -2.40. The summed E-state index contributed by atoms with van der Waals surface area (Å²) in [6, 6.07) is 3.33. The zero-order valence-electron chi connectivity index (χ0n) is 12.7. The number of aliphatic carboxylic acids is 1. The summed E-state index contributed by atoms with van der Waals surface area (Å²) in [5.41, 5.74) is -0.245. The lowest BCUT2D eigenvalue weighted by atomic mass is 9.92. The van der Waals surface area contributed by atoms with Crippen molar-refractivity contribution in [3.8, 4) is 5.75 Å². The number of rotatable bonds is 4. The molecule has 6 nitrogen and oxygen atoms in total. The van der Waals surface area contributed by atoms with Crippen molar-refractivity contribution in [1.29, 1.82) is 0 Å². The number of hydrogen-bond donors (Lipinski definition) is 1. The molecule has 8 heteroatoms. The van der Waals surface area contributed by atoms with Gasteiger partial charge in [0.2, 0.25) is 10.0 Å². The highest BCUT2D eigenvalue weighted by molar-refractivity contribution is 7.89. The van der Waals surface area contributed by atoms with Gasteiger partial charge in [-0.3, -0.25) is 4.79 Å². The third-order valence-corrected chi connectivity index (χ3v) is 6.89. The largest absolute Gasteiger partial charge is 0.495 e. The zero-order valence-corrected chi connectivity index (χ0v) is 13.5. The van der Waals surface area contributed by atoms with Gasteiger partial charge in [0.15, 0.2) is 0 Å². The number of nitrogens with zero attached hydrogens (tertiary/aromatic N) is 1. The first-order chi connectivity index (χ1) is 10.8. The smallest absolute Gasteiger partial charge is 0.307 e. The van der Waals surface area contributed by atoms with E-state index in [2.05, 4.69) is 0 Å². The first kappa shape index (κ1) is 16.2. The van der Waals surface area contributed by atoms with Crippen molar-refractivity contribution < 1.29 is 27.4 Å². The predicted molar refractivity (Wildman–Crippen MR) is 79.1 cm³/mol. The van der Waals surface area contributed by atoms with E-state index in [1.807, 2.05) is 0 Å². The number of sulfonamides is 1. The quantitative estimate of drug-likeness (QED) is 0.900. The van der Waals surface area contributed by atoms with E-state index in [1.54, 1.807) is 0 Å². The molecule has 0 bridgehead atoms. The van der Waals surface area contributed by atoms with Crippen LogP contribution in [0.15, 0.2) is 23.1 Å². The van der Waals surface area contributed by atoms with Crippen LogP contribution in [-0.2, 0) is 14.8 Å². The molecular formula is C15H18FNO5S. The van der Waals surface area contributed by atoms with Crippen LogP contribution in [0.4, 0.5) is 4.39 Å². The van der Waals surface area contributed by atoms with Crippen LogP contribution in [0.5, 0.6) is 5.75 Å². The van der Waals surface area contributed by atoms with Gasteiger partial charge in [-0.2, -0.15) is 4.31 Å². The Balaban J connectivity index is 1.79. The van der Waals surface area contributed by atoms with E-state index < -0.39 is 21.8 Å². The maximum atomic E-state index is 13.2. The minimum Gasteiger partial charge on any atom is -0.495 e. The third-order valence-electron chi connectivity index (χ3n) is 4.95. The molecule has 2 fully saturated rings. The van der Waals surface area contributed by atoms with E-state index in [9.17, 15) is 17.6 Å². The fourth-order valence-corrected chi connectivity index (χ4v) is 4.99. The summed E-state index contributed by atoms with van der Waals surface area (Å²) >= 11 is 0. The fourth-order valence-electron chi connectivity index (χ4n) is 3.41. The van der Waals surface area contributed by atoms with Gasteiger partial charge in [-0.15, -0.1) is 0 Å². The Hall–Kier alpha value is -1.67. The highest BCUT2D eigenvalue weighted by Crippen LogP contribution is 2.59. The Morgan fingerprint density at radius 1 is 1.39 bits per heavy atom. The molecule has 1 aliphatic carbocycles. The van der Waals surface area contributed by atoms with Crippen LogP contribution < -0.4 is 4.74 Å². The number of piperidine rings is 1. The topological polar surface area (TPSA) is 83.9 Å². The van der Waals surface area contributed by atoms with Crippen molar-refractivity contribution in [3.63, 3.8) is 0 Å². The van der Waals surface area contributed by atoms with E-state index in [0.717, 1.165) is 12.1 Å². The van der Waals surface area contributed by atoms with Gasteiger partial charge in [-0.05, 0) is 36.8 Å². The molecular weight excluding hydrogens is 325 g/mol. The van der Waals surface area contributed by atoms with E-state index in [1.165, 1.54) is 17.5 Å².